The number of fused-ring (bicyclic) bond motifs is 5. The first-order chi connectivity index (χ1) is 13.7. The second-order valence-electron chi connectivity index (χ2n) is 13.9. The minimum absolute atomic E-state index is 0.256. The lowest BCUT2D eigenvalue weighted by Crippen LogP contribution is -2.58. The van der Waals surface area contributed by atoms with E-state index in [2.05, 4.69) is 61.6 Å². The molecule has 3 heteroatoms. The number of ketones is 1. The van der Waals surface area contributed by atoms with Crippen molar-refractivity contribution in [2.24, 2.45) is 46.3 Å². The molecule has 0 aliphatic heterocycles. The predicted molar refractivity (Wildman–Crippen MR) is 128 cm³/mol. The summed E-state index contributed by atoms with van der Waals surface area (Å²) in [7, 11) is -1.74. The van der Waals surface area contributed by atoms with Gasteiger partial charge in [0.15, 0.2) is 8.32 Å². The first-order valence-electron chi connectivity index (χ1n) is 12.9. The molecule has 4 aliphatic carbocycles. The maximum Gasteiger partial charge on any atom is 0.192 e. The van der Waals surface area contributed by atoms with Gasteiger partial charge in [0.25, 0.3) is 0 Å². The Balaban J connectivity index is 1.58. The number of hydrogen-bond donors (Lipinski definition) is 0. The molecular weight excluding hydrogens is 384 g/mol. The number of hydrogen-bond acceptors (Lipinski definition) is 2. The molecule has 0 aromatic heterocycles. The first kappa shape index (κ1) is 23.0. The van der Waals surface area contributed by atoms with E-state index < -0.39 is 8.32 Å². The van der Waals surface area contributed by atoms with Gasteiger partial charge in [-0.3, -0.25) is 4.79 Å². The van der Waals surface area contributed by atoms with Crippen molar-refractivity contribution in [1.82, 2.24) is 0 Å². The highest BCUT2D eigenvalue weighted by atomic mass is 28.4. The topological polar surface area (TPSA) is 26.3 Å². The fourth-order valence-corrected chi connectivity index (χ4v) is 10.1. The molecule has 4 unspecified atom stereocenters. The van der Waals surface area contributed by atoms with Gasteiger partial charge in [-0.15, -0.1) is 0 Å². The normalized spacial score (nSPS) is 49.4. The molecule has 4 rings (SSSR count). The highest BCUT2D eigenvalue weighted by molar-refractivity contribution is 6.74. The summed E-state index contributed by atoms with van der Waals surface area (Å²) in [5.74, 6) is 4.18. The van der Waals surface area contributed by atoms with Crippen molar-refractivity contribution in [1.29, 1.82) is 0 Å². The van der Waals surface area contributed by atoms with Crippen molar-refractivity contribution in [3.8, 4) is 0 Å². The lowest BCUT2D eigenvalue weighted by Gasteiger charge is -2.62. The molecule has 0 aromatic carbocycles. The standard InChI is InChI=1S/C27H48O2Si/c1-17-16-27(7)20(18(2)24(17)28)11-10-19-21-12-13-23(26(21,6)15-14-22(19)27)29-30(8,9)25(3,4)5/h17-23H,10-16H2,1-9H3/t17?,18?,19-,20?,21-,22-,23?,26-,27-/m0/s1. The van der Waals surface area contributed by atoms with Crippen molar-refractivity contribution in [2.45, 2.75) is 118 Å². The Morgan fingerprint density at radius 3 is 2.13 bits per heavy atom. The van der Waals surface area contributed by atoms with Crippen LogP contribution < -0.4 is 0 Å². The molecule has 0 saturated heterocycles. The van der Waals surface area contributed by atoms with Crippen LogP contribution in [0.15, 0.2) is 0 Å². The Morgan fingerprint density at radius 1 is 0.900 bits per heavy atom. The molecule has 30 heavy (non-hydrogen) atoms. The summed E-state index contributed by atoms with van der Waals surface area (Å²) in [6.07, 6.45) is 9.54. The second-order valence-corrected chi connectivity index (χ2v) is 18.6. The second kappa shape index (κ2) is 7.17. The van der Waals surface area contributed by atoms with Crippen LogP contribution in [0, 0.1) is 46.3 Å². The van der Waals surface area contributed by atoms with Gasteiger partial charge in [0.1, 0.15) is 5.78 Å². The Kier molecular flexibility index (Phi) is 5.50. The molecule has 0 heterocycles. The first-order valence-corrected chi connectivity index (χ1v) is 15.8. The summed E-state index contributed by atoms with van der Waals surface area (Å²) in [6, 6.07) is 0. The van der Waals surface area contributed by atoms with Crippen LogP contribution in [0.1, 0.15) is 93.4 Å². The Labute approximate surface area is 187 Å². The van der Waals surface area contributed by atoms with Crippen molar-refractivity contribution in [2.75, 3.05) is 0 Å². The van der Waals surface area contributed by atoms with Gasteiger partial charge in [0.2, 0.25) is 0 Å². The summed E-state index contributed by atoms with van der Waals surface area (Å²) in [4.78, 5) is 12.8. The Morgan fingerprint density at radius 2 is 1.50 bits per heavy atom. The van der Waals surface area contributed by atoms with Crippen molar-refractivity contribution < 1.29 is 9.22 Å². The molecule has 0 spiro atoms. The van der Waals surface area contributed by atoms with Crippen molar-refractivity contribution in [3.63, 3.8) is 0 Å². The lowest BCUT2D eigenvalue weighted by molar-refractivity contribution is -0.158. The molecule has 0 radical (unpaired) electrons. The molecule has 172 valence electrons. The van der Waals surface area contributed by atoms with Crippen LogP contribution in [0.2, 0.25) is 18.1 Å². The van der Waals surface area contributed by atoms with Crippen LogP contribution in [0.3, 0.4) is 0 Å². The van der Waals surface area contributed by atoms with E-state index in [1.807, 2.05) is 0 Å². The Bertz CT molecular complexity index is 693. The third-order valence-corrected chi connectivity index (χ3v) is 15.9. The fourth-order valence-electron chi connectivity index (χ4n) is 8.69. The van der Waals surface area contributed by atoms with Gasteiger partial charge in [-0.2, -0.15) is 0 Å². The molecular formula is C27H48O2Si. The third-order valence-electron chi connectivity index (χ3n) is 11.4. The van der Waals surface area contributed by atoms with E-state index in [9.17, 15) is 4.79 Å². The van der Waals surface area contributed by atoms with Gasteiger partial charge < -0.3 is 4.43 Å². The van der Waals surface area contributed by atoms with Crippen molar-refractivity contribution in [3.05, 3.63) is 0 Å². The van der Waals surface area contributed by atoms with Gasteiger partial charge >= 0.3 is 0 Å². The van der Waals surface area contributed by atoms with Crippen LogP contribution >= 0.6 is 0 Å². The van der Waals surface area contributed by atoms with E-state index in [0.29, 0.717) is 28.6 Å². The average Bonchev–Trinajstić information content (AvgIpc) is 2.95. The molecule has 0 amide bonds. The smallest absolute Gasteiger partial charge is 0.192 e. The van der Waals surface area contributed by atoms with E-state index in [0.717, 1.165) is 24.2 Å². The maximum atomic E-state index is 12.8. The van der Waals surface area contributed by atoms with Crippen LogP contribution in [0.5, 0.6) is 0 Å². The molecule has 9 atom stereocenters. The van der Waals surface area contributed by atoms with E-state index >= 15 is 0 Å². The van der Waals surface area contributed by atoms with E-state index in [1.54, 1.807) is 0 Å². The Hall–Kier alpha value is -0.153. The van der Waals surface area contributed by atoms with Gasteiger partial charge in [-0.25, -0.2) is 0 Å². The minimum atomic E-state index is -1.74. The molecule has 4 saturated carbocycles. The van der Waals surface area contributed by atoms with Crippen LogP contribution in [-0.4, -0.2) is 20.2 Å². The number of carbonyl (C=O) groups is 1. The largest absolute Gasteiger partial charge is 0.413 e. The predicted octanol–water partition coefficient (Wildman–Crippen LogP) is 7.48. The summed E-state index contributed by atoms with van der Waals surface area (Å²) in [5.41, 5.74) is 0.733. The highest BCUT2D eigenvalue weighted by Gasteiger charge is 2.62. The molecule has 4 aliphatic rings. The highest BCUT2D eigenvalue weighted by Crippen LogP contribution is 2.67. The lowest BCUT2D eigenvalue weighted by atomic mass is 9.43. The maximum absolute atomic E-state index is 12.8. The number of rotatable bonds is 2. The zero-order chi connectivity index (χ0) is 22.3. The van der Waals surface area contributed by atoms with Crippen LogP contribution in [0.25, 0.3) is 0 Å². The van der Waals surface area contributed by atoms with Gasteiger partial charge in [-0.1, -0.05) is 48.5 Å². The van der Waals surface area contributed by atoms with Gasteiger partial charge in [0, 0.05) is 11.8 Å². The molecule has 2 nitrogen and oxygen atoms in total. The van der Waals surface area contributed by atoms with E-state index in [4.69, 9.17) is 4.43 Å². The fraction of sp³-hybridized carbons (Fsp3) is 0.963. The SMILES string of the molecule is CC1C[C@@]2(C)C(CC[C@@H]3[C@@H]2CC[C@]2(C)C(O[Si](C)(C)C(C)(C)C)CC[C@@H]32)C(C)C1=O. The van der Waals surface area contributed by atoms with Crippen LogP contribution in [-0.2, 0) is 9.22 Å². The summed E-state index contributed by atoms with van der Waals surface area (Å²) < 4.78 is 7.09. The summed E-state index contributed by atoms with van der Waals surface area (Å²) in [6.45, 7) is 21.6. The molecule has 0 bridgehead atoms. The summed E-state index contributed by atoms with van der Waals surface area (Å²) >= 11 is 0. The summed E-state index contributed by atoms with van der Waals surface area (Å²) in [5, 5.41) is 0.283. The monoisotopic (exact) mass is 432 g/mol. The third kappa shape index (κ3) is 3.23. The minimum Gasteiger partial charge on any atom is -0.413 e. The average molecular weight is 433 g/mol. The van der Waals surface area contributed by atoms with E-state index in [1.165, 1.54) is 38.5 Å². The molecule has 0 N–H and O–H groups in total. The molecule has 4 fully saturated rings. The molecule has 0 aromatic rings. The van der Waals surface area contributed by atoms with Gasteiger partial charge in [0.05, 0.1) is 6.10 Å². The van der Waals surface area contributed by atoms with Crippen molar-refractivity contribution >= 4 is 14.1 Å². The number of Topliss-reactive ketones (excluding diaryl/α,β-unsaturated/α-hetero) is 1. The van der Waals surface area contributed by atoms with E-state index in [-0.39, 0.29) is 16.9 Å². The quantitative estimate of drug-likeness (QED) is 0.423. The zero-order valence-corrected chi connectivity index (χ0v) is 22.3. The van der Waals surface area contributed by atoms with Gasteiger partial charge in [-0.05, 0) is 97.6 Å². The number of carbonyl (C=O) groups excluding carboxylic acids is 1. The zero-order valence-electron chi connectivity index (χ0n) is 21.3. The van der Waals surface area contributed by atoms with Crippen LogP contribution in [0.4, 0.5) is 0 Å².